The maximum absolute atomic E-state index is 6.35. The van der Waals surface area contributed by atoms with Crippen LogP contribution < -0.4 is 5.73 Å². The molecule has 2 unspecified atom stereocenters. The fraction of sp³-hybridized carbons (Fsp3) is 0.800. The van der Waals surface area contributed by atoms with Gasteiger partial charge in [-0.25, -0.2) is 0 Å². The van der Waals surface area contributed by atoms with Gasteiger partial charge in [-0.15, -0.1) is 0 Å². The monoisotopic (exact) mass is 285 g/mol. The molecule has 19 heavy (non-hydrogen) atoms. The van der Waals surface area contributed by atoms with E-state index in [2.05, 4.69) is 46.6 Å². The predicted molar refractivity (Wildman–Crippen MR) is 82.4 cm³/mol. The van der Waals surface area contributed by atoms with E-state index in [1.54, 1.807) is 6.20 Å². The molecule has 2 atom stereocenters. The summed E-state index contributed by atoms with van der Waals surface area (Å²) in [5, 5.41) is 5.01. The Morgan fingerprint density at radius 3 is 2.37 bits per heavy atom. The van der Waals surface area contributed by atoms with Crippen molar-refractivity contribution in [1.29, 1.82) is 0 Å². The highest BCUT2D eigenvalue weighted by Gasteiger charge is 2.23. The van der Waals surface area contributed by atoms with E-state index >= 15 is 0 Å². The van der Waals surface area contributed by atoms with Crippen LogP contribution in [0.5, 0.6) is 0 Å². The van der Waals surface area contributed by atoms with Crippen LogP contribution in [0.4, 0.5) is 0 Å². The lowest BCUT2D eigenvalue weighted by Crippen LogP contribution is -2.22. The highest BCUT2D eigenvalue weighted by Crippen LogP contribution is 2.32. The lowest BCUT2D eigenvalue weighted by molar-refractivity contribution is 0.283. The number of nitrogens with two attached hydrogens (primary N) is 1. The highest BCUT2D eigenvalue weighted by atomic mass is 35.5. The Kier molecular flexibility index (Phi) is 5.45. The van der Waals surface area contributed by atoms with Gasteiger partial charge in [0.15, 0.2) is 0 Å². The zero-order valence-corrected chi connectivity index (χ0v) is 13.8. The van der Waals surface area contributed by atoms with Gasteiger partial charge < -0.3 is 5.73 Å². The third-order valence-electron chi connectivity index (χ3n) is 3.24. The van der Waals surface area contributed by atoms with Gasteiger partial charge in [0.05, 0.1) is 16.9 Å². The van der Waals surface area contributed by atoms with Crippen LogP contribution in [0, 0.1) is 11.3 Å². The average Bonchev–Trinajstić information content (AvgIpc) is 2.56. The first-order chi connectivity index (χ1) is 8.61. The fourth-order valence-corrected chi connectivity index (χ4v) is 3.05. The Labute approximate surface area is 122 Å². The van der Waals surface area contributed by atoms with Crippen LogP contribution in [0.15, 0.2) is 6.20 Å². The number of hydrogen-bond donors (Lipinski definition) is 1. The Hall–Kier alpha value is -0.540. The Morgan fingerprint density at radius 1 is 1.32 bits per heavy atom. The molecular formula is C15H28ClN3. The van der Waals surface area contributed by atoms with E-state index in [0.717, 1.165) is 18.5 Å². The molecule has 3 nitrogen and oxygen atoms in total. The fourth-order valence-electron chi connectivity index (χ4n) is 2.78. The molecule has 0 saturated carbocycles. The molecule has 0 saturated heterocycles. The summed E-state index contributed by atoms with van der Waals surface area (Å²) in [5.74, 6) is 0.571. The van der Waals surface area contributed by atoms with Gasteiger partial charge in [0.1, 0.15) is 0 Å². The minimum atomic E-state index is -0.0465. The molecule has 0 aromatic carbocycles. The zero-order valence-electron chi connectivity index (χ0n) is 13.1. The molecule has 0 aliphatic rings. The Morgan fingerprint density at radius 2 is 1.89 bits per heavy atom. The molecule has 1 heterocycles. The van der Waals surface area contributed by atoms with Crippen molar-refractivity contribution in [2.45, 2.75) is 66.5 Å². The van der Waals surface area contributed by atoms with Crippen molar-refractivity contribution in [1.82, 2.24) is 9.78 Å². The van der Waals surface area contributed by atoms with E-state index in [9.17, 15) is 0 Å². The third kappa shape index (κ3) is 4.81. The Bertz CT molecular complexity index is 404. The maximum Gasteiger partial charge on any atom is 0.0834 e. The van der Waals surface area contributed by atoms with Gasteiger partial charge in [-0.05, 0) is 38.0 Å². The minimum absolute atomic E-state index is 0.0465. The second-order valence-corrected chi connectivity index (χ2v) is 7.54. The van der Waals surface area contributed by atoms with Crippen molar-refractivity contribution in [3.05, 3.63) is 16.9 Å². The van der Waals surface area contributed by atoms with Crippen LogP contribution in [0.2, 0.25) is 5.02 Å². The molecule has 0 bridgehead atoms. The molecule has 0 radical (unpaired) electrons. The molecule has 4 heteroatoms. The first-order valence-corrected chi connectivity index (χ1v) is 7.48. The lowest BCUT2D eigenvalue weighted by Gasteiger charge is -2.26. The number of halogens is 1. The standard InChI is InChI=1S/C15H28ClN3/c1-10(2)19-14(12(16)9-18-19)13(17)7-11(3)8-15(4,5)6/h9-11,13H,7-8,17H2,1-6H3. The molecule has 0 aliphatic heterocycles. The second-order valence-electron chi connectivity index (χ2n) is 7.13. The summed E-state index contributed by atoms with van der Waals surface area (Å²) in [4.78, 5) is 0. The topological polar surface area (TPSA) is 43.8 Å². The van der Waals surface area contributed by atoms with Crippen molar-refractivity contribution in [2.24, 2.45) is 17.1 Å². The molecule has 0 amide bonds. The summed E-state index contributed by atoms with van der Waals surface area (Å²) in [6, 6.07) is 0.237. The number of aromatic nitrogens is 2. The SMILES string of the molecule is CC(CC(N)c1c(Cl)cnn1C(C)C)CC(C)(C)C. The van der Waals surface area contributed by atoms with Crippen molar-refractivity contribution in [3.63, 3.8) is 0 Å². The molecule has 1 rings (SSSR count). The quantitative estimate of drug-likeness (QED) is 0.860. The number of nitrogens with zero attached hydrogens (tertiary/aromatic N) is 2. The molecule has 0 aliphatic carbocycles. The summed E-state index contributed by atoms with van der Waals surface area (Å²) in [7, 11) is 0. The van der Waals surface area contributed by atoms with Crippen molar-refractivity contribution < 1.29 is 0 Å². The van der Waals surface area contributed by atoms with E-state index in [-0.39, 0.29) is 12.1 Å². The van der Waals surface area contributed by atoms with Gasteiger partial charge in [0.25, 0.3) is 0 Å². The first kappa shape index (κ1) is 16.5. The van der Waals surface area contributed by atoms with Gasteiger partial charge >= 0.3 is 0 Å². The van der Waals surface area contributed by atoms with Crippen LogP contribution in [0.1, 0.15) is 72.2 Å². The van der Waals surface area contributed by atoms with Gasteiger partial charge in [-0.2, -0.15) is 5.10 Å². The maximum atomic E-state index is 6.35. The van der Waals surface area contributed by atoms with Crippen LogP contribution in [-0.2, 0) is 0 Å². The normalized spacial score (nSPS) is 15.8. The summed E-state index contributed by atoms with van der Waals surface area (Å²) in [6.07, 6.45) is 3.80. The third-order valence-corrected chi connectivity index (χ3v) is 3.54. The summed E-state index contributed by atoms with van der Waals surface area (Å²) < 4.78 is 1.94. The summed E-state index contributed by atoms with van der Waals surface area (Å²) in [6.45, 7) is 13.2. The average molecular weight is 286 g/mol. The van der Waals surface area contributed by atoms with Crippen molar-refractivity contribution in [2.75, 3.05) is 0 Å². The van der Waals surface area contributed by atoms with E-state index < -0.39 is 0 Å². The molecule has 2 N–H and O–H groups in total. The van der Waals surface area contributed by atoms with Crippen LogP contribution in [-0.4, -0.2) is 9.78 Å². The molecule has 110 valence electrons. The summed E-state index contributed by atoms with van der Waals surface area (Å²) >= 11 is 6.24. The molecule has 0 fully saturated rings. The zero-order chi connectivity index (χ0) is 14.8. The van der Waals surface area contributed by atoms with Crippen LogP contribution >= 0.6 is 11.6 Å². The molecular weight excluding hydrogens is 258 g/mol. The van der Waals surface area contributed by atoms with Gasteiger partial charge in [0.2, 0.25) is 0 Å². The van der Waals surface area contributed by atoms with E-state index in [1.165, 1.54) is 0 Å². The minimum Gasteiger partial charge on any atom is -0.323 e. The molecule has 0 spiro atoms. The smallest absolute Gasteiger partial charge is 0.0834 e. The summed E-state index contributed by atoms with van der Waals surface area (Å²) in [5.41, 5.74) is 7.66. The molecule has 1 aromatic rings. The number of hydrogen-bond acceptors (Lipinski definition) is 2. The first-order valence-electron chi connectivity index (χ1n) is 7.10. The van der Waals surface area contributed by atoms with Crippen molar-refractivity contribution in [3.8, 4) is 0 Å². The van der Waals surface area contributed by atoms with Crippen LogP contribution in [0.3, 0.4) is 0 Å². The van der Waals surface area contributed by atoms with E-state index in [4.69, 9.17) is 17.3 Å². The second kappa shape index (κ2) is 6.27. The lowest BCUT2D eigenvalue weighted by atomic mass is 9.82. The van der Waals surface area contributed by atoms with Gasteiger partial charge in [0, 0.05) is 12.1 Å². The van der Waals surface area contributed by atoms with Gasteiger partial charge in [-0.1, -0.05) is 39.3 Å². The highest BCUT2D eigenvalue weighted by molar-refractivity contribution is 6.31. The van der Waals surface area contributed by atoms with Crippen molar-refractivity contribution >= 4 is 11.6 Å². The van der Waals surface area contributed by atoms with E-state index in [0.29, 0.717) is 16.4 Å². The predicted octanol–water partition coefficient (Wildman–Crippen LogP) is 4.58. The largest absolute Gasteiger partial charge is 0.323 e. The van der Waals surface area contributed by atoms with E-state index in [1.807, 2.05) is 4.68 Å². The van der Waals surface area contributed by atoms with Crippen LogP contribution in [0.25, 0.3) is 0 Å². The Balaban J connectivity index is 2.78. The van der Waals surface area contributed by atoms with Gasteiger partial charge in [-0.3, -0.25) is 4.68 Å². The number of rotatable bonds is 5. The molecule has 1 aromatic heterocycles.